The van der Waals surface area contributed by atoms with Gasteiger partial charge in [-0.05, 0) is 6.42 Å². The Morgan fingerprint density at radius 1 is 1.61 bits per heavy atom. The number of carboxylic acid groups (broad SMARTS) is 1. The number of aromatic nitrogens is 4. The number of rotatable bonds is 7. The van der Waals surface area contributed by atoms with Crippen LogP contribution in [0.5, 0.6) is 0 Å². The average molecular weight is 255 g/mol. The van der Waals surface area contributed by atoms with E-state index in [9.17, 15) is 9.59 Å². The lowest BCUT2D eigenvalue weighted by molar-refractivity contribution is -0.139. The van der Waals surface area contributed by atoms with Crippen LogP contribution >= 0.6 is 0 Å². The molecule has 0 aliphatic carbocycles. The zero-order valence-electron chi connectivity index (χ0n) is 9.50. The van der Waals surface area contributed by atoms with Crippen molar-refractivity contribution < 1.29 is 19.4 Å². The molecule has 0 spiro atoms. The molecule has 3 N–H and O–H groups in total. The third-order valence-corrected chi connectivity index (χ3v) is 1.97. The first-order valence-corrected chi connectivity index (χ1v) is 5.12. The molecule has 18 heavy (non-hydrogen) atoms. The molecule has 9 heteroatoms. The molecule has 0 bridgehead atoms. The lowest BCUT2D eigenvalue weighted by Gasteiger charge is -2.12. The van der Waals surface area contributed by atoms with Crippen LogP contribution in [0.2, 0.25) is 0 Å². The van der Waals surface area contributed by atoms with Gasteiger partial charge >= 0.3 is 12.1 Å². The van der Waals surface area contributed by atoms with Gasteiger partial charge in [0.2, 0.25) is 0 Å². The normalized spacial score (nSPS) is 11.6. The second-order valence-electron chi connectivity index (χ2n) is 3.29. The predicted octanol–water partition coefficient (Wildman–Crippen LogP) is -0.502. The Balaban J connectivity index is 2.42. The third kappa shape index (κ3) is 4.60. The van der Waals surface area contributed by atoms with Crippen molar-refractivity contribution in [1.29, 1.82) is 0 Å². The standard InChI is InChI=1S/C9H13N5O4/c1-2-5-18-9(17)10-6(8(15)16)3-4-7-11-13-14-12-7/h2,6H,1,3-5H2,(H,10,17)(H,15,16)(H,11,12,13,14). The first-order chi connectivity index (χ1) is 8.63. The van der Waals surface area contributed by atoms with Gasteiger partial charge in [0.05, 0.1) is 0 Å². The number of carbonyl (C=O) groups excluding carboxylic acids is 1. The van der Waals surface area contributed by atoms with Crippen LogP contribution in [0.1, 0.15) is 12.2 Å². The van der Waals surface area contributed by atoms with Crippen LogP contribution in [0.4, 0.5) is 4.79 Å². The molecule has 1 atom stereocenters. The first kappa shape index (κ1) is 13.6. The third-order valence-electron chi connectivity index (χ3n) is 1.97. The van der Waals surface area contributed by atoms with Gasteiger partial charge in [-0.25, -0.2) is 9.59 Å². The number of amides is 1. The number of alkyl carbamates (subject to hydrolysis) is 1. The molecular weight excluding hydrogens is 242 g/mol. The van der Waals surface area contributed by atoms with Crippen LogP contribution in [0.25, 0.3) is 0 Å². The van der Waals surface area contributed by atoms with Gasteiger partial charge in [0.1, 0.15) is 12.6 Å². The highest BCUT2D eigenvalue weighted by Gasteiger charge is 2.21. The maximum atomic E-state index is 11.2. The number of nitrogens with zero attached hydrogens (tertiary/aromatic N) is 3. The predicted molar refractivity (Wildman–Crippen MR) is 58.6 cm³/mol. The van der Waals surface area contributed by atoms with E-state index < -0.39 is 18.1 Å². The van der Waals surface area contributed by atoms with Crippen molar-refractivity contribution in [2.45, 2.75) is 18.9 Å². The minimum absolute atomic E-state index is 0.0169. The molecule has 0 aliphatic rings. The fraction of sp³-hybridized carbons (Fsp3) is 0.444. The van der Waals surface area contributed by atoms with E-state index >= 15 is 0 Å². The highest BCUT2D eigenvalue weighted by Crippen LogP contribution is 1.99. The molecule has 0 aliphatic heterocycles. The summed E-state index contributed by atoms with van der Waals surface area (Å²) in [6, 6.07) is -1.07. The van der Waals surface area contributed by atoms with E-state index in [2.05, 4.69) is 37.3 Å². The van der Waals surface area contributed by atoms with E-state index in [1.165, 1.54) is 6.08 Å². The first-order valence-electron chi connectivity index (χ1n) is 5.12. The fourth-order valence-electron chi connectivity index (χ4n) is 1.14. The average Bonchev–Trinajstić information content (AvgIpc) is 2.84. The molecule has 1 aromatic heterocycles. The number of hydrogen-bond acceptors (Lipinski definition) is 6. The number of H-pyrrole nitrogens is 1. The molecule has 1 aromatic rings. The summed E-state index contributed by atoms with van der Waals surface area (Å²) in [5.74, 6) is -0.781. The zero-order chi connectivity index (χ0) is 13.4. The fourth-order valence-corrected chi connectivity index (χ4v) is 1.14. The number of ether oxygens (including phenoxy) is 1. The van der Waals surface area contributed by atoms with E-state index in [0.29, 0.717) is 5.82 Å². The van der Waals surface area contributed by atoms with Crippen molar-refractivity contribution in [1.82, 2.24) is 25.9 Å². The lowest BCUT2D eigenvalue weighted by Crippen LogP contribution is -2.41. The molecular formula is C9H13N5O4. The van der Waals surface area contributed by atoms with E-state index in [1.54, 1.807) is 0 Å². The Morgan fingerprint density at radius 3 is 2.94 bits per heavy atom. The summed E-state index contributed by atoms with van der Waals surface area (Å²) in [4.78, 5) is 22.1. The van der Waals surface area contributed by atoms with Crippen LogP contribution in [-0.2, 0) is 16.0 Å². The molecule has 1 heterocycles. The Morgan fingerprint density at radius 2 is 2.39 bits per heavy atom. The van der Waals surface area contributed by atoms with Crippen LogP contribution in [0.3, 0.4) is 0 Å². The summed E-state index contributed by atoms with van der Waals surface area (Å²) in [6.45, 7) is 3.39. The van der Waals surface area contributed by atoms with E-state index in [4.69, 9.17) is 5.11 Å². The minimum atomic E-state index is -1.16. The van der Waals surface area contributed by atoms with Gasteiger partial charge in [-0.3, -0.25) is 0 Å². The van der Waals surface area contributed by atoms with Crippen LogP contribution in [0.15, 0.2) is 12.7 Å². The Bertz CT molecular complexity index is 405. The molecule has 0 saturated carbocycles. The van der Waals surface area contributed by atoms with Gasteiger partial charge in [0.15, 0.2) is 5.82 Å². The van der Waals surface area contributed by atoms with Crippen molar-refractivity contribution in [3.8, 4) is 0 Å². The number of aryl methyl sites for hydroxylation is 1. The summed E-state index contributed by atoms with van der Waals surface area (Å²) < 4.78 is 4.63. The lowest BCUT2D eigenvalue weighted by atomic mass is 10.1. The molecule has 0 aromatic carbocycles. The number of aliphatic carboxylic acids is 1. The molecule has 1 amide bonds. The summed E-state index contributed by atoms with van der Waals surface area (Å²) in [7, 11) is 0. The molecule has 9 nitrogen and oxygen atoms in total. The van der Waals surface area contributed by atoms with Crippen molar-refractivity contribution >= 4 is 12.1 Å². The molecule has 0 fully saturated rings. The largest absolute Gasteiger partial charge is 0.480 e. The molecule has 0 radical (unpaired) electrons. The number of hydrogen-bond donors (Lipinski definition) is 3. The van der Waals surface area contributed by atoms with Crippen molar-refractivity contribution in [2.24, 2.45) is 0 Å². The van der Waals surface area contributed by atoms with Gasteiger partial charge in [0, 0.05) is 6.42 Å². The Kier molecular flexibility index (Phi) is 5.29. The number of aromatic amines is 1. The minimum Gasteiger partial charge on any atom is -0.480 e. The number of tetrazole rings is 1. The smallest absolute Gasteiger partial charge is 0.408 e. The Hall–Kier alpha value is -2.45. The highest BCUT2D eigenvalue weighted by atomic mass is 16.5. The van der Waals surface area contributed by atoms with Crippen LogP contribution < -0.4 is 5.32 Å². The maximum absolute atomic E-state index is 11.2. The molecule has 1 unspecified atom stereocenters. The van der Waals surface area contributed by atoms with E-state index in [0.717, 1.165) is 0 Å². The number of carboxylic acids is 1. The second kappa shape index (κ2) is 6.99. The molecule has 1 rings (SSSR count). The van der Waals surface area contributed by atoms with Gasteiger partial charge in [-0.1, -0.05) is 17.9 Å². The molecule has 98 valence electrons. The summed E-state index contributed by atoms with van der Waals surface area (Å²) in [5, 5.41) is 24.1. The Labute approximate surface area is 102 Å². The van der Waals surface area contributed by atoms with Gasteiger partial charge in [0.25, 0.3) is 0 Å². The van der Waals surface area contributed by atoms with E-state index in [1.807, 2.05) is 0 Å². The summed E-state index contributed by atoms with van der Waals surface area (Å²) in [6.07, 6.45) is 0.984. The molecule has 0 saturated heterocycles. The van der Waals surface area contributed by atoms with Crippen molar-refractivity contribution in [3.05, 3.63) is 18.5 Å². The van der Waals surface area contributed by atoms with Gasteiger partial charge < -0.3 is 15.2 Å². The topological polar surface area (TPSA) is 130 Å². The van der Waals surface area contributed by atoms with Crippen molar-refractivity contribution in [3.63, 3.8) is 0 Å². The monoisotopic (exact) mass is 255 g/mol. The van der Waals surface area contributed by atoms with Crippen LogP contribution in [-0.4, -0.2) is 50.4 Å². The summed E-state index contributed by atoms with van der Waals surface area (Å²) >= 11 is 0. The zero-order valence-corrected chi connectivity index (χ0v) is 9.50. The maximum Gasteiger partial charge on any atom is 0.408 e. The number of nitrogens with one attached hydrogen (secondary N) is 2. The van der Waals surface area contributed by atoms with Gasteiger partial charge in [-0.15, -0.1) is 10.2 Å². The second-order valence-corrected chi connectivity index (χ2v) is 3.29. The highest BCUT2D eigenvalue weighted by molar-refractivity contribution is 5.79. The van der Waals surface area contributed by atoms with Crippen molar-refractivity contribution in [2.75, 3.05) is 6.61 Å². The van der Waals surface area contributed by atoms with E-state index in [-0.39, 0.29) is 19.4 Å². The quantitative estimate of drug-likeness (QED) is 0.559. The van der Waals surface area contributed by atoms with Gasteiger partial charge in [-0.2, -0.15) is 5.21 Å². The SMILES string of the molecule is C=CCOC(=O)NC(CCc1nn[nH]n1)C(=O)O. The number of carbonyl (C=O) groups is 2. The van der Waals surface area contributed by atoms with Crippen LogP contribution in [0, 0.1) is 0 Å². The summed E-state index contributed by atoms with van der Waals surface area (Å²) in [5.41, 5.74) is 0.